The SMILES string of the molecule is CC(C)(C)OC(=O)NCC1(C(=O)O)CCN(c2ncnc3[nH]c4c(c23)CCC4)CC1. The molecule has 0 unspecified atom stereocenters. The summed E-state index contributed by atoms with van der Waals surface area (Å²) in [5.41, 5.74) is 1.75. The Labute approximate surface area is 175 Å². The van der Waals surface area contributed by atoms with Crippen LogP contribution in [0.15, 0.2) is 6.33 Å². The molecule has 4 rings (SSSR count). The lowest BCUT2D eigenvalue weighted by Crippen LogP contribution is -2.51. The molecule has 0 aromatic carbocycles. The van der Waals surface area contributed by atoms with Gasteiger partial charge in [0.25, 0.3) is 0 Å². The van der Waals surface area contributed by atoms with Crippen molar-refractivity contribution in [3.8, 4) is 0 Å². The third-order valence-electron chi connectivity index (χ3n) is 6.06. The highest BCUT2D eigenvalue weighted by Gasteiger charge is 2.43. The number of carboxylic acid groups (broad SMARTS) is 1. The average molecular weight is 415 g/mol. The number of aromatic nitrogens is 3. The number of H-pyrrole nitrogens is 1. The zero-order valence-corrected chi connectivity index (χ0v) is 17.7. The monoisotopic (exact) mass is 415 g/mol. The molecule has 3 N–H and O–H groups in total. The molecule has 0 spiro atoms. The summed E-state index contributed by atoms with van der Waals surface area (Å²) in [5.74, 6) is -0.0212. The molecule has 162 valence electrons. The third-order valence-corrected chi connectivity index (χ3v) is 6.06. The lowest BCUT2D eigenvalue weighted by atomic mass is 9.78. The van der Waals surface area contributed by atoms with Crippen LogP contribution >= 0.6 is 0 Å². The predicted octanol–water partition coefficient (Wildman–Crippen LogP) is 2.64. The van der Waals surface area contributed by atoms with E-state index in [4.69, 9.17) is 4.74 Å². The minimum Gasteiger partial charge on any atom is -0.481 e. The highest BCUT2D eigenvalue weighted by molar-refractivity contribution is 5.92. The van der Waals surface area contributed by atoms with Gasteiger partial charge in [-0.3, -0.25) is 4.79 Å². The number of alkyl carbamates (subject to hydrolysis) is 1. The molecule has 0 radical (unpaired) electrons. The molecule has 1 amide bonds. The molecule has 3 heterocycles. The van der Waals surface area contributed by atoms with Crippen molar-refractivity contribution in [3.05, 3.63) is 17.6 Å². The van der Waals surface area contributed by atoms with Gasteiger partial charge < -0.3 is 25.0 Å². The van der Waals surface area contributed by atoms with Crippen molar-refractivity contribution in [2.24, 2.45) is 5.41 Å². The van der Waals surface area contributed by atoms with Gasteiger partial charge in [0, 0.05) is 25.3 Å². The molecule has 1 aliphatic carbocycles. The van der Waals surface area contributed by atoms with Crippen LogP contribution < -0.4 is 10.2 Å². The van der Waals surface area contributed by atoms with Crippen LogP contribution in [-0.2, 0) is 22.4 Å². The summed E-state index contributed by atoms with van der Waals surface area (Å²) in [6.45, 7) is 6.47. The van der Waals surface area contributed by atoms with E-state index in [2.05, 4.69) is 25.2 Å². The van der Waals surface area contributed by atoms with Crippen molar-refractivity contribution in [1.82, 2.24) is 20.3 Å². The van der Waals surface area contributed by atoms with Gasteiger partial charge in [0.15, 0.2) is 0 Å². The summed E-state index contributed by atoms with van der Waals surface area (Å²) in [5, 5.41) is 13.6. The zero-order chi connectivity index (χ0) is 21.5. The number of piperidine rings is 1. The van der Waals surface area contributed by atoms with Gasteiger partial charge in [0.2, 0.25) is 0 Å². The number of nitrogens with zero attached hydrogens (tertiary/aromatic N) is 3. The summed E-state index contributed by atoms with van der Waals surface area (Å²) in [6, 6.07) is 0. The predicted molar refractivity (Wildman–Crippen MR) is 112 cm³/mol. The standard InChI is InChI=1S/C21H29N5O4/c1-20(2,3)30-19(29)22-11-21(18(27)28)7-9-26(10-8-21)17-15-13-5-4-6-14(13)25-16(15)23-12-24-17/h12H,4-11H2,1-3H3,(H,22,29)(H,27,28)(H,23,24,25). The summed E-state index contributed by atoms with van der Waals surface area (Å²) in [6.07, 6.45) is 4.97. The number of ether oxygens (including phenoxy) is 1. The van der Waals surface area contributed by atoms with Crippen molar-refractivity contribution < 1.29 is 19.4 Å². The lowest BCUT2D eigenvalue weighted by Gasteiger charge is -2.39. The van der Waals surface area contributed by atoms with Gasteiger partial charge in [-0.15, -0.1) is 0 Å². The highest BCUT2D eigenvalue weighted by atomic mass is 16.6. The first-order chi connectivity index (χ1) is 14.2. The molecular formula is C21H29N5O4. The molecule has 30 heavy (non-hydrogen) atoms. The number of carboxylic acids is 1. The molecule has 2 aromatic rings. The Balaban J connectivity index is 1.49. The third kappa shape index (κ3) is 3.80. The number of hydrogen-bond acceptors (Lipinski definition) is 6. The van der Waals surface area contributed by atoms with Crippen molar-refractivity contribution in [2.75, 3.05) is 24.5 Å². The Bertz CT molecular complexity index is 970. The van der Waals surface area contributed by atoms with Gasteiger partial charge in [-0.1, -0.05) is 0 Å². The quantitative estimate of drug-likeness (QED) is 0.702. The maximum Gasteiger partial charge on any atom is 0.407 e. The van der Waals surface area contributed by atoms with Crippen molar-refractivity contribution in [3.63, 3.8) is 0 Å². The fourth-order valence-corrected chi connectivity index (χ4v) is 4.46. The van der Waals surface area contributed by atoms with Crippen LogP contribution in [0.25, 0.3) is 11.0 Å². The molecule has 9 heteroatoms. The van der Waals surface area contributed by atoms with Crippen LogP contribution in [-0.4, -0.2) is 57.4 Å². The van der Waals surface area contributed by atoms with Crippen LogP contribution in [0.1, 0.15) is 51.3 Å². The van der Waals surface area contributed by atoms with E-state index in [-0.39, 0.29) is 6.54 Å². The van der Waals surface area contributed by atoms with Gasteiger partial charge in [-0.2, -0.15) is 0 Å². The molecule has 0 bridgehead atoms. The number of carbonyl (C=O) groups is 2. The van der Waals surface area contributed by atoms with Gasteiger partial charge in [-0.25, -0.2) is 14.8 Å². The molecule has 0 saturated carbocycles. The summed E-state index contributed by atoms with van der Waals surface area (Å²) in [4.78, 5) is 38.6. The minimum absolute atomic E-state index is 0.0455. The van der Waals surface area contributed by atoms with Crippen molar-refractivity contribution in [1.29, 1.82) is 0 Å². The number of carbonyl (C=O) groups excluding carboxylic acids is 1. The molecule has 1 saturated heterocycles. The number of hydrogen-bond donors (Lipinski definition) is 3. The smallest absolute Gasteiger partial charge is 0.407 e. The number of aromatic amines is 1. The average Bonchev–Trinajstić information content (AvgIpc) is 3.26. The van der Waals surface area contributed by atoms with E-state index in [1.54, 1.807) is 27.1 Å². The van der Waals surface area contributed by atoms with E-state index in [9.17, 15) is 14.7 Å². The van der Waals surface area contributed by atoms with E-state index >= 15 is 0 Å². The van der Waals surface area contributed by atoms with Gasteiger partial charge >= 0.3 is 12.1 Å². The first-order valence-corrected chi connectivity index (χ1v) is 10.5. The normalized spacial score (nSPS) is 18.3. The fourth-order valence-electron chi connectivity index (χ4n) is 4.46. The van der Waals surface area contributed by atoms with Crippen LogP contribution in [0, 0.1) is 5.41 Å². The second-order valence-corrected chi connectivity index (χ2v) is 9.28. The Kier molecular flexibility index (Phi) is 5.07. The second kappa shape index (κ2) is 7.45. The molecule has 2 aromatic heterocycles. The fraction of sp³-hybridized carbons (Fsp3) is 0.619. The summed E-state index contributed by atoms with van der Waals surface area (Å²) >= 11 is 0. The molecule has 1 aliphatic heterocycles. The maximum absolute atomic E-state index is 12.1. The zero-order valence-electron chi connectivity index (χ0n) is 17.7. The number of aliphatic carboxylic acids is 1. The minimum atomic E-state index is -1.01. The van der Waals surface area contributed by atoms with E-state index in [0.717, 1.165) is 36.1 Å². The van der Waals surface area contributed by atoms with E-state index < -0.39 is 23.1 Å². The Hall–Kier alpha value is -2.84. The largest absolute Gasteiger partial charge is 0.481 e. The lowest BCUT2D eigenvalue weighted by molar-refractivity contribution is -0.150. The van der Waals surface area contributed by atoms with Gasteiger partial charge in [0.1, 0.15) is 23.4 Å². The number of anilines is 1. The van der Waals surface area contributed by atoms with Crippen LogP contribution in [0.2, 0.25) is 0 Å². The van der Waals surface area contributed by atoms with Crippen molar-refractivity contribution in [2.45, 2.75) is 58.5 Å². The topological polar surface area (TPSA) is 120 Å². The summed E-state index contributed by atoms with van der Waals surface area (Å²) in [7, 11) is 0. The number of rotatable bonds is 4. The number of fused-ring (bicyclic) bond motifs is 3. The highest BCUT2D eigenvalue weighted by Crippen LogP contribution is 2.38. The summed E-state index contributed by atoms with van der Waals surface area (Å²) < 4.78 is 5.25. The van der Waals surface area contributed by atoms with Gasteiger partial charge in [0.05, 0.1) is 10.8 Å². The van der Waals surface area contributed by atoms with Crippen LogP contribution in [0.3, 0.4) is 0 Å². The Morgan fingerprint density at radius 2 is 2.00 bits per heavy atom. The molecule has 1 fully saturated rings. The first kappa shape index (κ1) is 20.4. The second-order valence-electron chi connectivity index (χ2n) is 9.28. The van der Waals surface area contributed by atoms with E-state index in [0.29, 0.717) is 25.9 Å². The Morgan fingerprint density at radius 3 is 2.67 bits per heavy atom. The van der Waals surface area contributed by atoms with Crippen LogP contribution in [0.5, 0.6) is 0 Å². The maximum atomic E-state index is 12.1. The number of nitrogens with one attached hydrogen (secondary N) is 2. The van der Waals surface area contributed by atoms with E-state index in [1.807, 2.05) is 0 Å². The molecular weight excluding hydrogens is 386 g/mol. The number of amides is 1. The van der Waals surface area contributed by atoms with E-state index in [1.165, 1.54) is 11.3 Å². The molecule has 0 atom stereocenters. The first-order valence-electron chi connectivity index (χ1n) is 10.5. The Morgan fingerprint density at radius 1 is 1.27 bits per heavy atom. The van der Waals surface area contributed by atoms with Crippen molar-refractivity contribution >= 4 is 28.9 Å². The molecule has 2 aliphatic rings. The van der Waals surface area contributed by atoms with Crippen LogP contribution in [0.4, 0.5) is 10.6 Å². The van der Waals surface area contributed by atoms with Gasteiger partial charge in [-0.05, 0) is 58.4 Å². The molecule has 9 nitrogen and oxygen atoms in total. The number of aryl methyl sites for hydroxylation is 2.